The lowest BCUT2D eigenvalue weighted by atomic mass is 9.93. The molecule has 0 atom stereocenters. The van der Waals surface area contributed by atoms with Crippen molar-refractivity contribution in [2.24, 2.45) is 5.92 Å². The highest BCUT2D eigenvalue weighted by molar-refractivity contribution is 5.75. The Morgan fingerprint density at radius 3 is 2.95 bits per heavy atom. The molecule has 0 saturated carbocycles. The zero-order valence-corrected chi connectivity index (χ0v) is 12.9. The minimum Gasteiger partial charge on any atom is -0.497 e. The lowest BCUT2D eigenvalue weighted by molar-refractivity contribution is -0.121. The fourth-order valence-corrected chi connectivity index (χ4v) is 2.77. The minimum absolute atomic E-state index is 0.177. The minimum atomic E-state index is 0.177. The van der Waals surface area contributed by atoms with Gasteiger partial charge < -0.3 is 15.4 Å². The van der Waals surface area contributed by atoms with Crippen molar-refractivity contribution in [3.05, 3.63) is 29.8 Å². The average molecular weight is 290 g/mol. The molecular formula is C17H26N2O2. The average Bonchev–Trinajstić information content (AvgIpc) is 2.54. The summed E-state index contributed by atoms with van der Waals surface area (Å²) in [5.41, 5.74) is 1.19. The van der Waals surface area contributed by atoms with Gasteiger partial charge in [-0.25, -0.2) is 0 Å². The van der Waals surface area contributed by atoms with Crippen LogP contribution in [0.4, 0.5) is 0 Å². The van der Waals surface area contributed by atoms with E-state index in [0.717, 1.165) is 37.6 Å². The zero-order valence-electron chi connectivity index (χ0n) is 12.9. The molecule has 0 aromatic heterocycles. The van der Waals surface area contributed by atoms with E-state index >= 15 is 0 Å². The zero-order chi connectivity index (χ0) is 14.9. The van der Waals surface area contributed by atoms with E-state index in [1.807, 2.05) is 18.2 Å². The highest BCUT2D eigenvalue weighted by Gasteiger charge is 2.14. The van der Waals surface area contributed by atoms with Crippen LogP contribution >= 0.6 is 0 Å². The summed E-state index contributed by atoms with van der Waals surface area (Å²) in [4.78, 5) is 11.8. The lowest BCUT2D eigenvalue weighted by Gasteiger charge is -2.22. The van der Waals surface area contributed by atoms with Crippen LogP contribution in [0.2, 0.25) is 0 Å². The van der Waals surface area contributed by atoms with Gasteiger partial charge in [0.2, 0.25) is 5.91 Å². The largest absolute Gasteiger partial charge is 0.497 e. The smallest absolute Gasteiger partial charge is 0.220 e. The maximum absolute atomic E-state index is 11.8. The first-order valence-electron chi connectivity index (χ1n) is 7.88. The van der Waals surface area contributed by atoms with Gasteiger partial charge >= 0.3 is 0 Å². The van der Waals surface area contributed by atoms with Crippen LogP contribution in [0.25, 0.3) is 0 Å². The van der Waals surface area contributed by atoms with Gasteiger partial charge in [-0.05, 0) is 62.4 Å². The van der Waals surface area contributed by atoms with E-state index in [0.29, 0.717) is 13.0 Å². The maximum atomic E-state index is 11.8. The molecule has 2 rings (SSSR count). The summed E-state index contributed by atoms with van der Waals surface area (Å²) in [5.74, 6) is 1.76. The molecule has 1 aromatic rings. The number of rotatable bonds is 7. The predicted molar refractivity (Wildman–Crippen MR) is 84.5 cm³/mol. The van der Waals surface area contributed by atoms with E-state index in [1.54, 1.807) is 7.11 Å². The van der Waals surface area contributed by atoms with Crippen molar-refractivity contribution in [1.82, 2.24) is 10.6 Å². The van der Waals surface area contributed by atoms with Crippen molar-refractivity contribution >= 4 is 5.91 Å². The Labute approximate surface area is 127 Å². The third-order valence-electron chi connectivity index (χ3n) is 4.11. The molecule has 4 heteroatoms. The topological polar surface area (TPSA) is 50.4 Å². The molecule has 2 N–H and O–H groups in total. The summed E-state index contributed by atoms with van der Waals surface area (Å²) in [6.07, 6.45) is 4.93. The second kappa shape index (κ2) is 8.67. The summed E-state index contributed by atoms with van der Waals surface area (Å²) in [6, 6.07) is 7.99. The molecule has 1 fully saturated rings. The molecule has 0 bridgehead atoms. The van der Waals surface area contributed by atoms with Crippen LogP contribution in [0.5, 0.6) is 5.75 Å². The van der Waals surface area contributed by atoms with Crippen molar-refractivity contribution in [2.45, 2.75) is 32.1 Å². The molecule has 0 aliphatic carbocycles. The number of carbonyl (C=O) groups excluding carboxylic acids is 1. The Kier molecular flexibility index (Phi) is 6.54. The Morgan fingerprint density at radius 2 is 2.19 bits per heavy atom. The number of benzene rings is 1. The fraction of sp³-hybridized carbons (Fsp3) is 0.588. The molecule has 1 aliphatic heterocycles. The lowest BCUT2D eigenvalue weighted by Crippen LogP contribution is -2.30. The highest BCUT2D eigenvalue weighted by atomic mass is 16.5. The van der Waals surface area contributed by atoms with Gasteiger partial charge in [0.25, 0.3) is 0 Å². The van der Waals surface area contributed by atoms with E-state index in [2.05, 4.69) is 16.7 Å². The summed E-state index contributed by atoms with van der Waals surface area (Å²) in [6.45, 7) is 2.89. The molecule has 4 nitrogen and oxygen atoms in total. The number of amides is 1. The van der Waals surface area contributed by atoms with Gasteiger partial charge in [0.15, 0.2) is 0 Å². The van der Waals surface area contributed by atoms with E-state index in [-0.39, 0.29) is 5.91 Å². The van der Waals surface area contributed by atoms with Gasteiger partial charge in [0, 0.05) is 13.0 Å². The SMILES string of the molecule is COc1cccc(CCNC(=O)CCC2CCNCC2)c1. The Balaban J connectivity index is 1.62. The molecule has 1 saturated heterocycles. The van der Waals surface area contributed by atoms with Crippen molar-refractivity contribution in [2.75, 3.05) is 26.7 Å². The summed E-state index contributed by atoms with van der Waals surface area (Å²) in [7, 11) is 1.67. The number of nitrogens with one attached hydrogen (secondary N) is 2. The first kappa shape index (κ1) is 15.8. The number of carbonyl (C=O) groups is 1. The molecule has 1 amide bonds. The van der Waals surface area contributed by atoms with Crippen LogP contribution in [0.3, 0.4) is 0 Å². The molecule has 1 heterocycles. The van der Waals surface area contributed by atoms with Crippen molar-refractivity contribution in [1.29, 1.82) is 0 Å². The monoisotopic (exact) mass is 290 g/mol. The van der Waals surface area contributed by atoms with Crippen LogP contribution in [0.1, 0.15) is 31.2 Å². The Bertz CT molecular complexity index is 442. The molecule has 0 spiro atoms. The Hall–Kier alpha value is -1.55. The maximum Gasteiger partial charge on any atom is 0.220 e. The third-order valence-corrected chi connectivity index (χ3v) is 4.11. The van der Waals surface area contributed by atoms with Gasteiger partial charge in [-0.3, -0.25) is 4.79 Å². The quantitative estimate of drug-likeness (QED) is 0.809. The molecule has 1 aliphatic rings. The van der Waals surface area contributed by atoms with Crippen LogP contribution in [0, 0.1) is 5.92 Å². The standard InChI is InChI=1S/C17H26N2O2/c1-21-16-4-2-3-15(13-16)9-12-19-17(20)6-5-14-7-10-18-11-8-14/h2-4,13-14,18H,5-12H2,1H3,(H,19,20). The van der Waals surface area contributed by atoms with Gasteiger partial charge in [-0.2, -0.15) is 0 Å². The van der Waals surface area contributed by atoms with E-state index in [9.17, 15) is 4.79 Å². The van der Waals surface area contributed by atoms with Crippen LogP contribution in [0.15, 0.2) is 24.3 Å². The predicted octanol–water partition coefficient (Wildman–Crippen LogP) is 2.13. The van der Waals surface area contributed by atoms with Gasteiger partial charge in [-0.15, -0.1) is 0 Å². The summed E-state index contributed by atoms with van der Waals surface area (Å²) in [5, 5.41) is 6.37. The van der Waals surface area contributed by atoms with E-state index in [1.165, 1.54) is 18.4 Å². The van der Waals surface area contributed by atoms with Crippen LogP contribution < -0.4 is 15.4 Å². The molecule has 116 valence electrons. The first-order valence-corrected chi connectivity index (χ1v) is 7.88. The second-order valence-corrected chi connectivity index (χ2v) is 5.68. The summed E-state index contributed by atoms with van der Waals surface area (Å²) < 4.78 is 5.20. The Morgan fingerprint density at radius 1 is 1.38 bits per heavy atom. The van der Waals surface area contributed by atoms with E-state index < -0.39 is 0 Å². The van der Waals surface area contributed by atoms with Crippen LogP contribution in [-0.4, -0.2) is 32.7 Å². The molecule has 0 unspecified atom stereocenters. The van der Waals surface area contributed by atoms with Crippen molar-refractivity contribution in [3.63, 3.8) is 0 Å². The van der Waals surface area contributed by atoms with Crippen molar-refractivity contribution in [3.8, 4) is 5.75 Å². The number of hydrogen-bond acceptors (Lipinski definition) is 3. The third kappa shape index (κ3) is 5.76. The molecule has 0 radical (unpaired) electrons. The van der Waals surface area contributed by atoms with Crippen molar-refractivity contribution < 1.29 is 9.53 Å². The van der Waals surface area contributed by atoms with Crippen LogP contribution in [-0.2, 0) is 11.2 Å². The van der Waals surface area contributed by atoms with Gasteiger partial charge in [0.1, 0.15) is 5.75 Å². The first-order chi connectivity index (χ1) is 10.3. The van der Waals surface area contributed by atoms with E-state index in [4.69, 9.17) is 4.74 Å². The highest BCUT2D eigenvalue weighted by Crippen LogP contribution is 2.17. The normalized spacial score (nSPS) is 15.7. The fourth-order valence-electron chi connectivity index (χ4n) is 2.77. The molecule has 21 heavy (non-hydrogen) atoms. The number of methoxy groups -OCH3 is 1. The molecule has 1 aromatic carbocycles. The molecular weight excluding hydrogens is 264 g/mol. The van der Waals surface area contributed by atoms with Gasteiger partial charge in [-0.1, -0.05) is 12.1 Å². The summed E-state index contributed by atoms with van der Waals surface area (Å²) >= 11 is 0. The second-order valence-electron chi connectivity index (χ2n) is 5.68. The number of ether oxygens (including phenoxy) is 1. The number of hydrogen-bond donors (Lipinski definition) is 2. The van der Waals surface area contributed by atoms with Gasteiger partial charge in [0.05, 0.1) is 7.11 Å². The number of piperidine rings is 1.